The van der Waals surface area contributed by atoms with Crippen molar-refractivity contribution in [2.24, 2.45) is 0 Å². The largest absolute Gasteiger partial charge is 0.465 e. The molecule has 1 aromatic rings. The van der Waals surface area contributed by atoms with E-state index in [0.717, 1.165) is 0 Å². The molecule has 2 N–H and O–H groups in total. The number of nitrogen functional groups attached to an aromatic ring is 1. The van der Waals surface area contributed by atoms with Crippen molar-refractivity contribution in [2.45, 2.75) is 6.92 Å². The smallest absolute Gasteiger partial charge is 0.337 e. The van der Waals surface area contributed by atoms with Crippen LogP contribution in [-0.4, -0.2) is 19.0 Å². The average molecular weight is 209 g/mol. The van der Waals surface area contributed by atoms with Crippen LogP contribution in [0.4, 0.5) is 5.69 Å². The van der Waals surface area contributed by atoms with Crippen LogP contribution in [0, 0.1) is 0 Å². The Bertz CT molecular complexity index is 400. The highest BCUT2D eigenvalue weighted by Gasteiger charge is 2.09. The van der Waals surface area contributed by atoms with E-state index in [1.165, 1.54) is 32.2 Å². The minimum Gasteiger partial charge on any atom is -0.465 e. The zero-order valence-corrected chi connectivity index (χ0v) is 8.44. The van der Waals surface area contributed by atoms with Gasteiger partial charge in [-0.25, -0.2) is 4.79 Å². The lowest BCUT2D eigenvalue weighted by Crippen LogP contribution is -2.06. The highest BCUT2D eigenvalue weighted by Crippen LogP contribution is 2.22. The van der Waals surface area contributed by atoms with Gasteiger partial charge in [-0.05, 0) is 18.2 Å². The lowest BCUT2D eigenvalue weighted by molar-refractivity contribution is -0.131. The molecule has 0 unspecified atom stereocenters. The van der Waals surface area contributed by atoms with Gasteiger partial charge in [-0.15, -0.1) is 0 Å². The molecule has 0 spiro atoms. The van der Waals surface area contributed by atoms with Crippen LogP contribution in [0.1, 0.15) is 17.3 Å². The van der Waals surface area contributed by atoms with E-state index in [2.05, 4.69) is 4.74 Å². The summed E-state index contributed by atoms with van der Waals surface area (Å²) in [5, 5.41) is 0. The van der Waals surface area contributed by atoms with Gasteiger partial charge in [-0.1, -0.05) is 0 Å². The van der Waals surface area contributed by atoms with Gasteiger partial charge in [0.15, 0.2) is 5.75 Å². The van der Waals surface area contributed by atoms with Crippen molar-refractivity contribution < 1.29 is 19.1 Å². The van der Waals surface area contributed by atoms with Gasteiger partial charge in [0.1, 0.15) is 0 Å². The van der Waals surface area contributed by atoms with E-state index in [0.29, 0.717) is 5.56 Å². The van der Waals surface area contributed by atoms with E-state index >= 15 is 0 Å². The fraction of sp³-hybridized carbons (Fsp3) is 0.200. The zero-order chi connectivity index (χ0) is 11.4. The summed E-state index contributed by atoms with van der Waals surface area (Å²) in [6.45, 7) is 1.27. The quantitative estimate of drug-likeness (QED) is 0.446. The predicted molar refractivity (Wildman–Crippen MR) is 53.5 cm³/mol. The molecule has 0 saturated carbocycles. The van der Waals surface area contributed by atoms with Gasteiger partial charge in [0.25, 0.3) is 0 Å². The zero-order valence-electron chi connectivity index (χ0n) is 8.44. The van der Waals surface area contributed by atoms with Gasteiger partial charge in [-0.2, -0.15) is 0 Å². The number of benzene rings is 1. The average Bonchev–Trinajstić information content (AvgIpc) is 2.19. The number of anilines is 1. The molecule has 0 saturated heterocycles. The number of esters is 2. The van der Waals surface area contributed by atoms with Crippen LogP contribution in [0.15, 0.2) is 18.2 Å². The molecule has 0 radical (unpaired) electrons. The van der Waals surface area contributed by atoms with E-state index in [1.54, 1.807) is 0 Å². The molecular formula is C10H11NO4. The molecular weight excluding hydrogens is 198 g/mol. The van der Waals surface area contributed by atoms with Crippen LogP contribution in [0.2, 0.25) is 0 Å². The maximum Gasteiger partial charge on any atom is 0.337 e. The van der Waals surface area contributed by atoms with Crippen molar-refractivity contribution in [3.05, 3.63) is 23.8 Å². The molecule has 0 aliphatic heterocycles. The van der Waals surface area contributed by atoms with Gasteiger partial charge >= 0.3 is 11.9 Å². The van der Waals surface area contributed by atoms with Crippen molar-refractivity contribution in [3.63, 3.8) is 0 Å². The molecule has 0 heterocycles. The number of carbonyl (C=O) groups is 2. The first-order valence-corrected chi connectivity index (χ1v) is 4.21. The standard InChI is InChI=1S/C10H11NO4/c1-6(12)15-9-4-3-7(5-8(9)11)10(13)14-2/h3-5H,11H2,1-2H3. The summed E-state index contributed by atoms with van der Waals surface area (Å²) < 4.78 is 9.31. The Hall–Kier alpha value is -2.04. The predicted octanol–water partition coefficient (Wildman–Crippen LogP) is 0.981. The number of hydrogen-bond acceptors (Lipinski definition) is 5. The number of carbonyl (C=O) groups excluding carboxylic acids is 2. The van der Waals surface area contributed by atoms with Gasteiger partial charge in [0.2, 0.25) is 0 Å². The minimum absolute atomic E-state index is 0.216. The van der Waals surface area contributed by atoms with Crippen LogP contribution in [0.25, 0.3) is 0 Å². The Morgan fingerprint density at radius 1 is 1.33 bits per heavy atom. The summed E-state index contributed by atoms with van der Waals surface area (Å²) in [6, 6.07) is 4.31. The summed E-state index contributed by atoms with van der Waals surface area (Å²) in [4.78, 5) is 21.8. The molecule has 1 aromatic carbocycles. The van der Waals surface area contributed by atoms with E-state index in [-0.39, 0.29) is 11.4 Å². The van der Waals surface area contributed by atoms with Gasteiger partial charge in [0.05, 0.1) is 18.4 Å². The van der Waals surface area contributed by atoms with E-state index < -0.39 is 11.9 Å². The third-order valence-electron chi connectivity index (χ3n) is 1.68. The molecule has 1 rings (SSSR count). The van der Waals surface area contributed by atoms with Crippen molar-refractivity contribution in [1.82, 2.24) is 0 Å². The van der Waals surface area contributed by atoms with Crippen LogP contribution in [0.5, 0.6) is 5.75 Å². The second-order valence-corrected chi connectivity index (χ2v) is 2.84. The maximum atomic E-state index is 11.1. The molecule has 0 aromatic heterocycles. The highest BCUT2D eigenvalue weighted by atomic mass is 16.5. The first-order valence-electron chi connectivity index (χ1n) is 4.21. The Morgan fingerprint density at radius 3 is 2.47 bits per heavy atom. The normalized spacial score (nSPS) is 9.47. The monoisotopic (exact) mass is 209 g/mol. The highest BCUT2D eigenvalue weighted by molar-refractivity contribution is 5.91. The molecule has 0 atom stereocenters. The second kappa shape index (κ2) is 4.45. The molecule has 0 fully saturated rings. The Labute approximate surface area is 86.8 Å². The van der Waals surface area contributed by atoms with Crippen LogP contribution < -0.4 is 10.5 Å². The molecule has 0 aliphatic rings. The summed E-state index contributed by atoms with van der Waals surface area (Å²) >= 11 is 0. The van der Waals surface area contributed by atoms with Gasteiger partial charge < -0.3 is 15.2 Å². The Morgan fingerprint density at radius 2 is 2.00 bits per heavy atom. The number of methoxy groups -OCH3 is 1. The minimum atomic E-state index is -0.490. The SMILES string of the molecule is COC(=O)c1ccc(OC(C)=O)c(N)c1. The number of ether oxygens (including phenoxy) is 2. The van der Waals surface area contributed by atoms with Gasteiger partial charge in [-0.3, -0.25) is 4.79 Å². The summed E-state index contributed by atoms with van der Waals surface area (Å²) in [6.07, 6.45) is 0. The summed E-state index contributed by atoms with van der Waals surface area (Å²) in [5.74, 6) is -0.723. The molecule has 80 valence electrons. The molecule has 15 heavy (non-hydrogen) atoms. The first-order chi connectivity index (χ1) is 7.04. The first kappa shape index (κ1) is 11.0. The molecule has 0 aliphatic carbocycles. The fourth-order valence-corrected chi connectivity index (χ4v) is 1.04. The van der Waals surface area contributed by atoms with Crippen molar-refractivity contribution in [3.8, 4) is 5.75 Å². The van der Waals surface area contributed by atoms with Crippen LogP contribution >= 0.6 is 0 Å². The van der Waals surface area contributed by atoms with E-state index in [1.807, 2.05) is 0 Å². The Balaban J connectivity index is 2.97. The van der Waals surface area contributed by atoms with Crippen molar-refractivity contribution >= 4 is 17.6 Å². The topological polar surface area (TPSA) is 78.6 Å². The van der Waals surface area contributed by atoms with Crippen LogP contribution in [0.3, 0.4) is 0 Å². The third-order valence-corrected chi connectivity index (χ3v) is 1.68. The third kappa shape index (κ3) is 2.70. The lowest BCUT2D eigenvalue weighted by atomic mass is 10.2. The number of nitrogens with two attached hydrogens (primary N) is 1. The number of hydrogen-bond donors (Lipinski definition) is 1. The van der Waals surface area contributed by atoms with Gasteiger partial charge in [0, 0.05) is 6.92 Å². The molecule has 0 amide bonds. The fourth-order valence-electron chi connectivity index (χ4n) is 1.04. The van der Waals surface area contributed by atoms with Crippen molar-refractivity contribution in [2.75, 3.05) is 12.8 Å². The molecule has 5 heteroatoms. The van der Waals surface area contributed by atoms with Crippen molar-refractivity contribution in [1.29, 1.82) is 0 Å². The summed E-state index contributed by atoms with van der Waals surface area (Å²) in [7, 11) is 1.28. The number of rotatable bonds is 2. The molecule has 0 bridgehead atoms. The maximum absolute atomic E-state index is 11.1. The lowest BCUT2D eigenvalue weighted by Gasteiger charge is -2.06. The second-order valence-electron chi connectivity index (χ2n) is 2.84. The van der Waals surface area contributed by atoms with Crippen LogP contribution in [-0.2, 0) is 9.53 Å². The van der Waals surface area contributed by atoms with E-state index in [9.17, 15) is 9.59 Å². The van der Waals surface area contributed by atoms with E-state index in [4.69, 9.17) is 10.5 Å². The summed E-state index contributed by atoms with van der Waals surface area (Å²) in [5.41, 5.74) is 6.10. The Kier molecular flexibility index (Phi) is 3.28. The molecule has 5 nitrogen and oxygen atoms in total.